The van der Waals surface area contributed by atoms with E-state index in [-0.39, 0.29) is 5.92 Å². The smallest absolute Gasteiger partial charge is 0.0672 e. The summed E-state index contributed by atoms with van der Waals surface area (Å²) in [4.78, 5) is 0. The van der Waals surface area contributed by atoms with Crippen LogP contribution in [0.2, 0.25) is 0 Å². The van der Waals surface area contributed by atoms with Crippen LogP contribution in [0.1, 0.15) is 32.6 Å². The Morgan fingerprint density at radius 3 is 2.93 bits per heavy atom. The summed E-state index contributed by atoms with van der Waals surface area (Å²) in [5.41, 5.74) is 0. The molecule has 0 aromatic rings. The Morgan fingerprint density at radius 1 is 1.60 bits per heavy atom. The fraction of sp³-hybridized carbons (Fsp3) is 0.909. The van der Waals surface area contributed by atoms with Gasteiger partial charge in [-0.05, 0) is 26.2 Å². The molecule has 4 unspecified atom stereocenters. The number of hydrogen-bond donors (Lipinski definition) is 1. The zero-order valence-corrected chi connectivity index (χ0v) is 10.3. The first-order chi connectivity index (χ1) is 7.13. The lowest BCUT2D eigenvalue weighted by Crippen LogP contribution is -2.39. The summed E-state index contributed by atoms with van der Waals surface area (Å²) < 4.78 is 10.9. The molecule has 0 amide bonds. The van der Waals surface area contributed by atoms with Gasteiger partial charge in [0.2, 0.25) is 0 Å². The van der Waals surface area contributed by atoms with Crippen molar-refractivity contribution in [2.75, 3.05) is 12.0 Å². The highest BCUT2D eigenvalue weighted by atomic mass is 32.2. The van der Waals surface area contributed by atoms with Gasteiger partial charge >= 0.3 is 0 Å². The fourth-order valence-corrected chi connectivity index (χ4v) is 2.79. The van der Waals surface area contributed by atoms with E-state index in [0.29, 0.717) is 12.1 Å². The topological polar surface area (TPSA) is 52.9 Å². The second kappa shape index (κ2) is 6.24. The third kappa shape index (κ3) is 4.31. The number of rotatable bonds is 5. The molecule has 3 nitrogen and oxygen atoms in total. The molecule has 0 aromatic heterocycles. The van der Waals surface area contributed by atoms with Crippen molar-refractivity contribution in [1.82, 2.24) is 5.32 Å². The summed E-state index contributed by atoms with van der Waals surface area (Å²) in [6.45, 7) is 2.11. The third-order valence-electron chi connectivity index (χ3n) is 3.02. The first-order valence-corrected chi connectivity index (χ1v) is 7.32. The highest BCUT2D eigenvalue weighted by Crippen LogP contribution is 2.25. The summed E-state index contributed by atoms with van der Waals surface area (Å²) in [6, 6.07) is 3.09. The lowest BCUT2D eigenvalue weighted by atomic mass is 10.0. The SMILES string of the molecule is CC(CCS(C)=O)NC1CCCC1C#N. The minimum Gasteiger partial charge on any atom is -0.310 e. The average Bonchev–Trinajstić information content (AvgIpc) is 2.62. The van der Waals surface area contributed by atoms with Gasteiger partial charge in [-0.2, -0.15) is 5.26 Å². The maximum Gasteiger partial charge on any atom is 0.0672 e. The fourth-order valence-electron chi connectivity index (χ4n) is 2.11. The number of hydrogen-bond acceptors (Lipinski definition) is 3. The minimum absolute atomic E-state index is 0.180. The molecule has 86 valence electrons. The molecule has 1 aliphatic carbocycles. The Morgan fingerprint density at radius 2 is 2.33 bits per heavy atom. The van der Waals surface area contributed by atoms with E-state index in [9.17, 15) is 4.21 Å². The largest absolute Gasteiger partial charge is 0.310 e. The van der Waals surface area contributed by atoms with Crippen LogP contribution in [0.4, 0.5) is 0 Å². The molecule has 1 fully saturated rings. The first kappa shape index (κ1) is 12.7. The lowest BCUT2D eigenvalue weighted by molar-refractivity contribution is 0.405. The summed E-state index contributed by atoms with van der Waals surface area (Å²) in [5, 5.41) is 12.4. The van der Waals surface area contributed by atoms with Gasteiger partial charge in [0.15, 0.2) is 0 Å². The van der Waals surface area contributed by atoms with Crippen molar-refractivity contribution in [2.45, 2.75) is 44.7 Å². The van der Waals surface area contributed by atoms with E-state index < -0.39 is 10.8 Å². The first-order valence-electron chi connectivity index (χ1n) is 5.59. The van der Waals surface area contributed by atoms with Crippen LogP contribution in [0.3, 0.4) is 0 Å². The van der Waals surface area contributed by atoms with Crippen LogP contribution in [0.5, 0.6) is 0 Å². The zero-order chi connectivity index (χ0) is 11.3. The maximum absolute atomic E-state index is 10.9. The number of nitrogens with zero attached hydrogens (tertiary/aromatic N) is 1. The monoisotopic (exact) mass is 228 g/mol. The Kier molecular flexibility index (Phi) is 5.27. The molecule has 0 radical (unpaired) electrons. The van der Waals surface area contributed by atoms with E-state index in [1.807, 2.05) is 0 Å². The molecule has 0 heterocycles. The molecule has 0 aliphatic heterocycles. The molecule has 15 heavy (non-hydrogen) atoms. The van der Waals surface area contributed by atoms with Crippen LogP contribution in [-0.2, 0) is 10.8 Å². The molecular formula is C11H20N2OS. The van der Waals surface area contributed by atoms with Gasteiger partial charge < -0.3 is 5.32 Å². The molecule has 0 saturated heterocycles. The highest BCUT2D eigenvalue weighted by Gasteiger charge is 2.27. The predicted octanol–water partition coefficient (Wildman–Crippen LogP) is 1.43. The Bertz CT molecular complexity index is 262. The van der Waals surface area contributed by atoms with E-state index in [1.165, 1.54) is 0 Å². The van der Waals surface area contributed by atoms with E-state index in [4.69, 9.17) is 5.26 Å². The molecular weight excluding hydrogens is 208 g/mol. The molecule has 1 N–H and O–H groups in total. The highest BCUT2D eigenvalue weighted by molar-refractivity contribution is 7.84. The van der Waals surface area contributed by atoms with Crippen molar-refractivity contribution in [3.05, 3.63) is 0 Å². The van der Waals surface area contributed by atoms with E-state index >= 15 is 0 Å². The molecule has 1 saturated carbocycles. The second-order valence-corrected chi connectivity index (χ2v) is 5.96. The Labute approximate surface area is 94.7 Å². The summed E-state index contributed by atoms with van der Waals surface area (Å²) in [6.07, 6.45) is 5.96. The second-order valence-electron chi connectivity index (χ2n) is 4.41. The maximum atomic E-state index is 10.9. The van der Waals surface area contributed by atoms with Gasteiger partial charge in [-0.15, -0.1) is 0 Å². The van der Waals surface area contributed by atoms with Gasteiger partial charge in [0.05, 0.1) is 12.0 Å². The normalized spacial score (nSPS) is 29.7. The summed E-state index contributed by atoms with van der Waals surface area (Å²) in [7, 11) is -0.705. The van der Waals surface area contributed by atoms with Gasteiger partial charge in [0.25, 0.3) is 0 Å². The van der Waals surface area contributed by atoms with Crippen molar-refractivity contribution in [1.29, 1.82) is 5.26 Å². The zero-order valence-electron chi connectivity index (χ0n) is 9.53. The van der Waals surface area contributed by atoms with Crippen molar-refractivity contribution in [3.8, 4) is 6.07 Å². The molecule has 0 aromatic carbocycles. The van der Waals surface area contributed by atoms with Crippen LogP contribution in [0.15, 0.2) is 0 Å². The van der Waals surface area contributed by atoms with E-state index in [2.05, 4.69) is 18.3 Å². The Balaban J connectivity index is 2.28. The van der Waals surface area contributed by atoms with Crippen LogP contribution >= 0.6 is 0 Å². The molecule has 1 aliphatic rings. The molecule has 0 spiro atoms. The number of nitriles is 1. The standard InChI is InChI=1S/C11H20N2OS/c1-9(6-7-15(2)14)13-11-5-3-4-10(11)8-12/h9-11,13H,3-7H2,1-2H3. The van der Waals surface area contributed by atoms with Crippen LogP contribution in [0, 0.1) is 17.2 Å². The lowest BCUT2D eigenvalue weighted by Gasteiger charge is -2.21. The molecule has 4 atom stereocenters. The van der Waals surface area contributed by atoms with E-state index in [1.54, 1.807) is 6.26 Å². The van der Waals surface area contributed by atoms with Crippen molar-refractivity contribution >= 4 is 10.8 Å². The molecule has 1 rings (SSSR count). The van der Waals surface area contributed by atoms with Crippen molar-refractivity contribution < 1.29 is 4.21 Å². The third-order valence-corrected chi connectivity index (χ3v) is 3.83. The van der Waals surface area contributed by atoms with Crippen LogP contribution < -0.4 is 5.32 Å². The van der Waals surface area contributed by atoms with E-state index in [0.717, 1.165) is 31.4 Å². The van der Waals surface area contributed by atoms with Crippen LogP contribution in [-0.4, -0.2) is 28.3 Å². The summed E-state index contributed by atoms with van der Waals surface area (Å²) in [5.74, 6) is 0.928. The van der Waals surface area contributed by atoms with Gasteiger partial charge in [0, 0.05) is 34.9 Å². The van der Waals surface area contributed by atoms with Crippen LogP contribution in [0.25, 0.3) is 0 Å². The quantitative estimate of drug-likeness (QED) is 0.774. The van der Waals surface area contributed by atoms with Gasteiger partial charge in [-0.3, -0.25) is 4.21 Å². The molecule has 4 heteroatoms. The van der Waals surface area contributed by atoms with Crippen molar-refractivity contribution in [2.24, 2.45) is 5.92 Å². The predicted molar refractivity (Wildman–Crippen MR) is 62.9 cm³/mol. The van der Waals surface area contributed by atoms with Gasteiger partial charge in [-0.1, -0.05) is 6.42 Å². The Hall–Kier alpha value is -0.400. The minimum atomic E-state index is -0.705. The van der Waals surface area contributed by atoms with Crippen molar-refractivity contribution in [3.63, 3.8) is 0 Å². The average molecular weight is 228 g/mol. The summed E-state index contributed by atoms with van der Waals surface area (Å²) >= 11 is 0. The van der Waals surface area contributed by atoms with Gasteiger partial charge in [0.1, 0.15) is 0 Å². The molecule has 0 bridgehead atoms. The van der Waals surface area contributed by atoms with Gasteiger partial charge in [-0.25, -0.2) is 0 Å². The number of nitrogens with one attached hydrogen (secondary N) is 1.